The largest absolute Gasteiger partial charge is 0.513 e. The molecule has 3 N–H and O–H groups in total. The van der Waals surface area contributed by atoms with Crippen molar-refractivity contribution < 1.29 is 20.0 Å². The fourth-order valence-electron chi connectivity index (χ4n) is 1.67. The molecule has 0 aromatic carbocycles. The van der Waals surface area contributed by atoms with Crippen LogP contribution in [0, 0.1) is 0 Å². The summed E-state index contributed by atoms with van der Waals surface area (Å²) in [6.45, 7) is 5.55. The summed E-state index contributed by atoms with van der Waals surface area (Å²) in [4.78, 5) is 11.4. The van der Waals surface area contributed by atoms with E-state index in [9.17, 15) is 9.90 Å². The number of carbonyl (C=O) groups excluding carboxylic acids is 1. The third kappa shape index (κ3) is 4.07. The third-order valence-electron chi connectivity index (χ3n) is 2.22. The quantitative estimate of drug-likeness (QED) is 0.647. The summed E-state index contributed by atoms with van der Waals surface area (Å²) in [6, 6.07) is 0.194. The average Bonchev–Trinajstić information content (AvgIpc) is 2.30. The van der Waals surface area contributed by atoms with Gasteiger partial charge in [0.2, 0.25) is 0 Å². The molecule has 1 rings (SSSR count). The van der Waals surface area contributed by atoms with E-state index in [4.69, 9.17) is 4.74 Å². The minimum Gasteiger partial charge on any atom is -0.414 e. The molecule has 0 bridgehead atoms. The molecule has 0 saturated heterocycles. The number of primary amides is 1. The molecule has 1 amide bonds. The van der Waals surface area contributed by atoms with Crippen molar-refractivity contribution in [1.29, 1.82) is 0 Å². The van der Waals surface area contributed by atoms with Crippen LogP contribution < -0.4 is 5.32 Å². The van der Waals surface area contributed by atoms with Gasteiger partial charge >= 0.3 is 6.09 Å². The number of aliphatic hydroxyl groups is 1. The maximum absolute atomic E-state index is 11.4. The summed E-state index contributed by atoms with van der Waals surface area (Å²) in [5.74, 6) is 0. The van der Waals surface area contributed by atoms with E-state index in [1.807, 2.05) is 20.8 Å². The van der Waals surface area contributed by atoms with Gasteiger partial charge in [0.05, 0.1) is 12.1 Å². The van der Waals surface area contributed by atoms with Gasteiger partial charge in [0.1, 0.15) is 5.60 Å². The summed E-state index contributed by atoms with van der Waals surface area (Å²) < 4.78 is 5.16. The highest BCUT2D eigenvalue weighted by atomic mass is 16.6. The molecule has 2 unspecified atom stereocenters. The van der Waals surface area contributed by atoms with Crippen molar-refractivity contribution in [3.05, 3.63) is 0 Å². The minimum atomic E-state index is -0.426. The topological polar surface area (TPSA) is 63.1 Å². The first-order valence-corrected chi connectivity index (χ1v) is 5.13. The standard InChI is InChI=1S/C10H19NO3/c1-10(2,3)14-9(13)11-7-4-5-8(12)6-7/h7-8,12H,4-6H2,1-3H3,(H,11,13)/p+1. The highest BCUT2D eigenvalue weighted by Gasteiger charge is 2.30. The Morgan fingerprint density at radius 3 is 2.50 bits per heavy atom. The van der Waals surface area contributed by atoms with Gasteiger partial charge in [0.15, 0.2) is 0 Å². The van der Waals surface area contributed by atoms with Gasteiger partial charge in [0.25, 0.3) is 0 Å². The van der Waals surface area contributed by atoms with E-state index in [1.165, 1.54) is 0 Å². The first kappa shape index (κ1) is 11.5. The lowest BCUT2D eigenvalue weighted by Gasteiger charge is -2.18. The van der Waals surface area contributed by atoms with Crippen molar-refractivity contribution in [2.45, 2.75) is 57.8 Å². The monoisotopic (exact) mass is 202 g/mol. The lowest BCUT2D eigenvalue weighted by molar-refractivity contribution is -0.609. The van der Waals surface area contributed by atoms with Crippen molar-refractivity contribution in [3.8, 4) is 0 Å². The SMILES string of the molecule is CC(C)(C)OC(=O)[NH2+]C1CCC(O)C1. The number of quaternary nitrogens is 1. The Morgan fingerprint density at radius 2 is 2.07 bits per heavy atom. The fourth-order valence-corrected chi connectivity index (χ4v) is 1.67. The van der Waals surface area contributed by atoms with Crippen LogP contribution >= 0.6 is 0 Å². The molecule has 14 heavy (non-hydrogen) atoms. The van der Waals surface area contributed by atoms with Crippen LogP contribution in [-0.2, 0) is 4.74 Å². The molecule has 2 atom stereocenters. The van der Waals surface area contributed by atoms with Gasteiger partial charge in [0, 0.05) is 12.8 Å². The summed E-state index contributed by atoms with van der Waals surface area (Å²) >= 11 is 0. The molecular formula is C10H20NO3+. The second kappa shape index (κ2) is 4.28. The van der Waals surface area contributed by atoms with E-state index in [-0.39, 0.29) is 18.2 Å². The molecule has 1 aliphatic rings. The van der Waals surface area contributed by atoms with Crippen molar-refractivity contribution >= 4 is 6.09 Å². The van der Waals surface area contributed by atoms with Gasteiger partial charge in [-0.05, 0) is 27.2 Å². The molecular weight excluding hydrogens is 182 g/mol. The van der Waals surface area contributed by atoms with E-state index < -0.39 is 5.60 Å². The normalized spacial score (nSPS) is 27.7. The highest BCUT2D eigenvalue weighted by molar-refractivity contribution is 5.56. The molecule has 0 aromatic heterocycles. The average molecular weight is 202 g/mol. The lowest BCUT2D eigenvalue weighted by atomic mass is 10.2. The summed E-state index contributed by atoms with van der Waals surface area (Å²) in [7, 11) is 0. The van der Waals surface area contributed by atoms with Crippen LogP contribution in [0.3, 0.4) is 0 Å². The van der Waals surface area contributed by atoms with E-state index >= 15 is 0 Å². The summed E-state index contributed by atoms with van der Waals surface area (Å²) in [5, 5.41) is 10.9. The third-order valence-corrected chi connectivity index (χ3v) is 2.22. The van der Waals surface area contributed by atoms with E-state index in [0.717, 1.165) is 12.8 Å². The Bertz CT molecular complexity index is 210. The fraction of sp³-hybridized carbons (Fsp3) is 0.900. The van der Waals surface area contributed by atoms with E-state index in [1.54, 1.807) is 5.32 Å². The molecule has 82 valence electrons. The van der Waals surface area contributed by atoms with Crippen LogP contribution in [0.25, 0.3) is 0 Å². The van der Waals surface area contributed by atoms with Crippen LogP contribution in [0.1, 0.15) is 40.0 Å². The van der Waals surface area contributed by atoms with Crippen LogP contribution in [-0.4, -0.2) is 28.9 Å². The first-order valence-electron chi connectivity index (χ1n) is 5.13. The van der Waals surface area contributed by atoms with Crippen LogP contribution in [0.2, 0.25) is 0 Å². The van der Waals surface area contributed by atoms with Gasteiger partial charge in [-0.25, -0.2) is 5.32 Å². The van der Waals surface area contributed by atoms with Gasteiger partial charge in [-0.15, -0.1) is 0 Å². The number of rotatable bonds is 1. The Balaban J connectivity index is 2.27. The number of hydrogen-bond donors (Lipinski definition) is 2. The zero-order valence-electron chi connectivity index (χ0n) is 9.12. The summed E-state index contributed by atoms with van der Waals surface area (Å²) in [6.07, 6.45) is 1.87. The zero-order valence-corrected chi connectivity index (χ0v) is 9.12. The number of nitrogens with two attached hydrogens (primary N) is 1. The Hall–Kier alpha value is -0.610. The molecule has 0 heterocycles. The maximum Gasteiger partial charge on any atom is 0.513 e. The van der Waals surface area contributed by atoms with Crippen LogP contribution in [0.15, 0.2) is 0 Å². The predicted molar refractivity (Wildman–Crippen MR) is 51.8 cm³/mol. The summed E-state index contributed by atoms with van der Waals surface area (Å²) in [5.41, 5.74) is -0.426. The Labute approximate surface area is 84.6 Å². The number of ether oxygens (including phenoxy) is 1. The smallest absolute Gasteiger partial charge is 0.414 e. The number of amides is 1. The molecule has 0 aromatic rings. The molecule has 0 spiro atoms. The van der Waals surface area contributed by atoms with Crippen LogP contribution in [0.5, 0.6) is 0 Å². The molecule has 4 nitrogen and oxygen atoms in total. The zero-order chi connectivity index (χ0) is 10.8. The maximum atomic E-state index is 11.4. The molecule has 1 aliphatic carbocycles. The lowest BCUT2D eigenvalue weighted by Crippen LogP contribution is -2.93. The van der Waals surface area contributed by atoms with Crippen molar-refractivity contribution in [1.82, 2.24) is 0 Å². The predicted octanol–water partition coefficient (Wildman–Crippen LogP) is 0.398. The van der Waals surface area contributed by atoms with Gasteiger partial charge < -0.3 is 9.84 Å². The number of hydrogen-bond acceptors (Lipinski definition) is 3. The molecule has 0 aliphatic heterocycles. The number of carbonyl (C=O) groups is 1. The molecule has 4 heteroatoms. The van der Waals surface area contributed by atoms with Gasteiger partial charge in [-0.1, -0.05) is 0 Å². The highest BCUT2D eigenvalue weighted by Crippen LogP contribution is 2.15. The minimum absolute atomic E-state index is 0.194. The molecule has 1 saturated carbocycles. The second-order valence-electron chi connectivity index (χ2n) is 4.93. The Kier molecular flexibility index (Phi) is 3.50. The van der Waals surface area contributed by atoms with E-state index in [2.05, 4.69) is 0 Å². The Morgan fingerprint density at radius 1 is 1.43 bits per heavy atom. The second-order valence-corrected chi connectivity index (χ2v) is 4.93. The molecule has 0 radical (unpaired) electrons. The van der Waals surface area contributed by atoms with Crippen LogP contribution in [0.4, 0.5) is 4.79 Å². The van der Waals surface area contributed by atoms with Gasteiger partial charge in [-0.2, -0.15) is 4.79 Å². The molecule has 1 fully saturated rings. The van der Waals surface area contributed by atoms with Gasteiger partial charge in [-0.3, -0.25) is 0 Å². The first-order chi connectivity index (χ1) is 6.37. The van der Waals surface area contributed by atoms with Crippen molar-refractivity contribution in [2.75, 3.05) is 0 Å². The van der Waals surface area contributed by atoms with E-state index in [0.29, 0.717) is 6.42 Å². The number of aliphatic hydroxyl groups excluding tert-OH is 1. The van der Waals surface area contributed by atoms with Crippen molar-refractivity contribution in [3.63, 3.8) is 0 Å². The van der Waals surface area contributed by atoms with Crippen molar-refractivity contribution in [2.24, 2.45) is 0 Å².